The van der Waals surface area contributed by atoms with Gasteiger partial charge in [-0.3, -0.25) is 4.57 Å². The molecule has 3 rings (SSSR count). The molecular formula is C16H14Cl2N2O. The zero-order valence-electron chi connectivity index (χ0n) is 11.5. The minimum atomic E-state index is 0.506. The lowest BCUT2D eigenvalue weighted by Gasteiger charge is -2.13. The van der Waals surface area contributed by atoms with E-state index in [0.717, 1.165) is 28.3 Å². The Bertz CT molecular complexity index is 783. The van der Waals surface area contributed by atoms with Gasteiger partial charge in [-0.1, -0.05) is 23.7 Å². The Hall–Kier alpha value is -1.71. The first kappa shape index (κ1) is 14.2. The fourth-order valence-corrected chi connectivity index (χ4v) is 2.77. The Labute approximate surface area is 133 Å². The van der Waals surface area contributed by atoms with Crippen molar-refractivity contribution in [2.75, 3.05) is 13.0 Å². The van der Waals surface area contributed by atoms with Crippen LogP contribution in [0.5, 0.6) is 5.75 Å². The molecular weight excluding hydrogens is 307 g/mol. The van der Waals surface area contributed by atoms with E-state index in [2.05, 4.69) is 9.55 Å². The van der Waals surface area contributed by atoms with Gasteiger partial charge in [-0.2, -0.15) is 0 Å². The summed E-state index contributed by atoms with van der Waals surface area (Å²) in [6.07, 6.45) is 0.673. The summed E-state index contributed by atoms with van der Waals surface area (Å²) in [5, 5.41) is 0.653. The lowest BCUT2D eigenvalue weighted by molar-refractivity contribution is 0.413. The molecule has 0 aliphatic rings. The summed E-state index contributed by atoms with van der Waals surface area (Å²) in [6.45, 7) is 0. The Balaban J connectivity index is 2.32. The van der Waals surface area contributed by atoms with Crippen LogP contribution in [0.15, 0.2) is 42.5 Å². The molecule has 3 nitrogen and oxygen atoms in total. The molecule has 0 atom stereocenters. The van der Waals surface area contributed by atoms with E-state index in [0.29, 0.717) is 17.3 Å². The number of rotatable bonds is 4. The van der Waals surface area contributed by atoms with Gasteiger partial charge in [0.1, 0.15) is 11.6 Å². The zero-order valence-corrected chi connectivity index (χ0v) is 13.0. The molecule has 0 saturated heterocycles. The molecule has 0 N–H and O–H groups in total. The minimum absolute atomic E-state index is 0.506. The van der Waals surface area contributed by atoms with Crippen LogP contribution in [0.1, 0.15) is 5.82 Å². The number of fused-ring (bicyclic) bond motifs is 1. The number of benzene rings is 2. The molecule has 1 aromatic heterocycles. The molecule has 0 saturated carbocycles. The summed E-state index contributed by atoms with van der Waals surface area (Å²) in [4.78, 5) is 4.66. The number of para-hydroxylation sites is 2. The average Bonchev–Trinajstić information content (AvgIpc) is 2.85. The molecule has 0 spiro atoms. The molecule has 0 bridgehead atoms. The van der Waals surface area contributed by atoms with Gasteiger partial charge in [-0.25, -0.2) is 4.98 Å². The van der Waals surface area contributed by atoms with E-state index in [4.69, 9.17) is 27.9 Å². The number of imidazole rings is 1. The largest absolute Gasteiger partial charge is 0.495 e. The van der Waals surface area contributed by atoms with Crippen molar-refractivity contribution in [3.63, 3.8) is 0 Å². The fraction of sp³-hybridized carbons (Fsp3) is 0.188. The quantitative estimate of drug-likeness (QED) is 0.663. The maximum absolute atomic E-state index is 6.16. The maximum Gasteiger partial charge on any atom is 0.143 e. The summed E-state index contributed by atoms with van der Waals surface area (Å²) in [7, 11) is 1.65. The Morgan fingerprint density at radius 2 is 2.00 bits per heavy atom. The van der Waals surface area contributed by atoms with Gasteiger partial charge in [-0.05, 0) is 30.3 Å². The van der Waals surface area contributed by atoms with Crippen LogP contribution < -0.4 is 4.74 Å². The van der Waals surface area contributed by atoms with Crippen molar-refractivity contribution in [3.8, 4) is 11.4 Å². The molecule has 1 heterocycles. The van der Waals surface area contributed by atoms with Crippen molar-refractivity contribution in [2.24, 2.45) is 0 Å². The number of nitrogens with zero attached hydrogens (tertiary/aromatic N) is 2. The fourth-order valence-electron chi connectivity index (χ4n) is 2.43. The summed E-state index contributed by atoms with van der Waals surface area (Å²) in [5.74, 6) is 2.15. The van der Waals surface area contributed by atoms with Gasteiger partial charge in [0.05, 0.1) is 23.8 Å². The molecule has 21 heavy (non-hydrogen) atoms. The van der Waals surface area contributed by atoms with Crippen LogP contribution in [-0.2, 0) is 6.42 Å². The molecule has 0 fully saturated rings. The predicted octanol–water partition coefficient (Wildman–Crippen LogP) is 4.47. The molecule has 3 aromatic rings. The van der Waals surface area contributed by atoms with Gasteiger partial charge in [0.15, 0.2) is 0 Å². The molecule has 0 amide bonds. The highest BCUT2D eigenvalue weighted by Gasteiger charge is 2.15. The van der Waals surface area contributed by atoms with Crippen LogP contribution in [0.2, 0.25) is 5.02 Å². The highest BCUT2D eigenvalue weighted by atomic mass is 35.5. The third-order valence-corrected chi connectivity index (χ3v) is 3.75. The van der Waals surface area contributed by atoms with E-state index in [-0.39, 0.29) is 0 Å². The van der Waals surface area contributed by atoms with E-state index in [1.807, 2.05) is 42.5 Å². The second kappa shape index (κ2) is 5.96. The van der Waals surface area contributed by atoms with E-state index in [9.17, 15) is 0 Å². The monoisotopic (exact) mass is 320 g/mol. The van der Waals surface area contributed by atoms with Crippen LogP contribution in [-0.4, -0.2) is 22.5 Å². The average molecular weight is 321 g/mol. The van der Waals surface area contributed by atoms with Crippen molar-refractivity contribution >= 4 is 34.2 Å². The van der Waals surface area contributed by atoms with Gasteiger partial charge in [0.25, 0.3) is 0 Å². The summed E-state index contributed by atoms with van der Waals surface area (Å²) >= 11 is 12.1. The van der Waals surface area contributed by atoms with Crippen molar-refractivity contribution in [1.29, 1.82) is 0 Å². The lowest BCUT2D eigenvalue weighted by Crippen LogP contribution is -2.04. The van der Waals surface area contributed by atoms with E-state index >= 15 is 0 Å². The summed E-state index contributed by atoms with van der Waals surface area (Å²) < 4.78 is 7.52. The van der Waals surface area contributed by atoms with Crippen LogP contribution in [0.25, 0.3) is 16.7 Å². The lowest BCUT2D eigenvalue weighted by atomic mass is 10.2. The first-order chi connectivity index (χ1) is 10.2. The second-order valence-electron chi connectivity index (χ2n) is 4.61. The number of aryl methyl sites for hydroxylation is 1. The SMILES string of the molecule is COc1ccc(Cl)cc1-n1c(CCCl)nc2ccccc21. The van der Waals surface area contributed by atoms with Gasteiger partial charge in [0.2, 0.25) is 0 Å². The van der Waals surface area contributed by atoms with Gasteiger partial charge in [-0.15, -0.1) is 11.6 Å². The molecule has 2 aromatic carbocycles. The Kier molecular flexibility index (Phi) is 4.04. The van der Waals surface area contributed by atoms with E-state index in [1.54, 1.807) is 7.11 Å². The number of hydrogen-bond donors (Lipinski definition) is 0. The molecule has 5 heteroatoms. The Morgan fingerprint density at radius 1 is 1.19 bits per heavy atom. The van der Waals surface area contributed by atoms with Crippen molar-refractivity contribution in [2.45, 2.75) is 6.42 Å². The van der Waals surface area contributed by atoms with Crippen LogP contribution in [0, 0.1) is 0 Å². The highest BCUT2D eigenvalue weighted by Crippen LogP contribution is 2.31. The molecule has 108 valence electrons. The van der Waals surface area contributed by atoms with E-state index in [1.165, 1.54) is 0 Å². The second-order valence-corrected chi connectivity index (χ2v) is 5.42. The third kappa shape index (κ3) is 2.59. The first-order valence-electron chi connectivity index (χ1n) is 6.61. The van der Waals surface area contributed by atoms with Crippen LogP contribution >= 0.6 is 23.2 Å². The van der Waals surface area contributed by atoms with Gasteiger partial charge < -0.3 is 4.74 Å². The molecule has 0 unspecified atom stereocenters. The maximum atomic E-state index is 6.16. The number of hydrogen-bond acceptors (Lipinski definition) is 2. The standard InChI is InChI=1S/C16H14Cl2N2O/c1-21-15-7-6-11(18)10-14(15)20-13-5-3-2-4-12(13)19-16(20)8-9-17/h2-7,10H,8-9H2,1H3. The summed E-state index contributed by atoms with van der Waals surface area (Å²) in [5.41, 5.74) is 2.82. The van der Waals surface area contributed by atoms with Gasteiger partial charge in [0, 0.05) is 17.3 Å². The first-order valence-corrected chi connectivity index (χ1v) is 7.52. The predicted molar refractivity (Wildman–Crippen MR) is 87.1 cm³/mol. The Morgan fingerprint density at radius 3 is 2.76 bits per heavy atom. The topological polar surface area (TPSA) is 27.1 Å². The van der Waals surface area contributed by atoms with Crippen LogP contribution in [0.3, 0.4) is 0 Å². The van der Waals surface area contributed by atoms with Crippen LogP contribution in [0.4, 0.5) is 0 Å². The summed E-state index contributed by atoms with van der Waals surface area (Å²) in [6, 6.07) is 13.5. The van der Waals surface area contributed by atoms with E-state index < -0.39 is 0 Å². The number of alkyl halides is 1. The number of ether oxygens (including phenoxy) is 1. The van der Waals surface area contributed by atoms with Crippen molar-refractivity contribution in [1.82, 2.24) is 9.55 Å². The highest BCUT2D eigenvalue weighted by molar-refractivity contribution is 6.30. The smallest absolute Gasteiger partial charge is 0.143 e. The normalized spacial score (nSPS) is 11.0. The third-order valence-electron chi connectivity index (χ3n) is 3.33. The number of methoxy groups -OCH3 is 1. The zero-order chi connectivity index (χ0) is 14.8. The van der Waals surface area contributed by atoms with Crippen molar-refractivity contribution < 1.29 is 4.74 Å². The molecule has 0 aliphatic carbocycles. The number of halogens is 2. The molecule has 0 aliphatic heterocycles. The van der Waals surface area contributed by atoms with Gasteiger partial charge >= 0.3 is 0 Å². The molecule has 0 radical (unpaired) electrons. The van der Waals surface area contributed by atoms with Crippen molar-refractivity contribution in [3.05, 3.63) is 53.3 Å². The minimum Gasteiger partial charge on any atom is -0.495 e. The number of aromatic nitrogens is 2.